The van der Waals surface area contributed by atoms with E-state index in [9.17, 15) is 14.4 Å². The largest absolute Gasteiger partial charge is 0.455 e. The molecule has 0 bridgehead atoms. The number of hydrogen-bond acceptors (Lipinski definition) is 11. The first-order valence-electron chi connectivity index (χ1n) is 15.8. The van der Waals surface area contributed by atoms with E-state index in [2.05, 4.69) is 26.1 Å². The number of nitrogens with two attached hydrogens (primary N) is 1. The molecule has 0 radical (unpaired) electrons. The maximum Gasteiger partial charge on any atom is 0.408 e. The van der Waals surface area contributed by atoms with Crippen LogP contribution in [0.2, 0.25) is 0 Å². The molecule has 0 heterocycles. The van der Waals surface area contributed by atoms with Gasteiger partial charge in [0.15, 0.2) is 0 Å². The van der Waals surface area contributed by atoms with Gasteiger partial charge in [-0.3, -0.25) is 0 Å². The summed E-state index contributed by atoms with van der Waals surface area (Å²) < 4.78 is 38.2. The van der Waals surface area contributed by atoms with E-state index in [0.717, 1.165) is 16.7 Å². The van der Waals surface area contributed by atoms with Gasteiger partial charge in [0.2, 0.25) is 0 Å². The number of ether oxygens (including phenoxy) is 7. The first kappa shape index (κ1) is 39.6. The molecule has 0 aromatic heterocycles. The van der Waals surface area contributed by atoms with Crippen LogP contribution in [-0.2, 0) is 61.2 Å². The highest BCUT2D eigenvalue weighted by Gasteiger charge is 2.34. The first-order valence-corrected chi connectivity index (χ1v) is 15.8. The zero-order valence-electron chi connectivity index (χ0n) is 28.6. The number of carbonyl (C=O) groups excluding carboxylic acids is 3. The Morgan fingerprint density at radius 2 is 1.32 bits per heavy atom. The monoisotopic (exact) mass is 660 g/mol. The smallest absolute Gasteiger partial charge is 0.408 e. The molecule has 12 heteroatoms. The predicted molar refractivity (Wildman–Crippen MR) is 176 cm³/mol. The average Bonchev–Trinajstić information content (AvgIpc) is 3.01. The quantitative estimate of drug-likeness (QED) is 0.0915. The van der Waals surface area contributed by atoms with E-state index in [-0.39, 0.29) is 38.3 Å². The van der Waals surface area contributed by atoms with Crippen LogP contribution in [-0.4, -0.2) is 88.8 Å². The molecule has 2 unspecified atom stereocenters. The lowest BCUT2D eigenvalue weighted by Gasteiger charge is -2.27. The number of amides is 1. The summed E-state index contributed by atoms with van der Waals surface area (Å²) in [5, 5.41) is 2.62. The Hall–Kier alpha value is -3.55. The SMILES string of the molecule is CC(C)(C)OC(=O)C(OCCOCCOCCOCCN)OC(=O)C(Cc1ccccc1C(C)(C)C)NC(=O)OCc1ccccc1. The van der Waals surface area contributed by atoms with Crippen molar-refractivity contribution >= 4 is 18.0 Å². The van der Waals surface area contributed by atoms with Crippen molar-refractivity contribution in [3.63, 3.8) is 0 Å². The summed E-state index contributed by atoms with van der Waals surface area (Å²) in [4.78, 5) is 39.6. The van der Waals surface area contributed by atoms with Gasteiger partial charge in [-0.25, -0.2) is 14.4 Å². The van der Waals surface area contributed by atoms with E-state index in [4.69, 9.17) is 38.9 Å². The number of alkyl carbamates (subject to hydrolysis) is 1. The second-order valence-electron chi connectivity index (χ2n) is 12.7. The van der Waals surface area contributed by atoms with E-state index in [1.54, 1.807) is 20.8 Å². The van der Waals surface area contributed by atoms with Crippen LogP contribution in [0.25, 0.3) is 0 Å². The van der Waals surface area contributed by atoms with Crippen molar-refractivity contribution in [1.82, 2.24) is 5.32 Å². The summed E-state index contributed by atoms with van der Waals surface area (Å²) in [6.07, 6.45) is -2.45. The highest BCUT2D eigenvalue weighted by Crippen LogP contribution is 2.27. The zero-order valence-corrected chi connectivity index (χ0v) is 28.6. The summed E-state index contributed by atoms with van der Waals surface area (Å²) in [5.41, 5.74) is 6.84. The average molecular weight is 661 g/mol. The molecule has 47 heavy (non-hydrogen) atoms. The molecule has 0 saturated carbocycles. The number of rotatable bonds is 20. The molecule has 1 amide bonds. The zero-order chi connectivity index (χ0) is 34.7. The Bertz CT molecular complexity index is 1210. The molecule has 2 aromatic carbocycles. The summed E-state index contributed by atoms with van der Waals surface area (Å²) in [6, 6.07) is 15.6. The van der Waals surface area contributed by atoms with Gasteiger partial charge in [-0.1, -0.05) is 75.4 Å². The van der Waals surface area contributed by atoms with Crippen molar-refractivity contribution < 1.29 is 47.5 Å². The Morgan fingerprint density at radius 3 is 1.91 bits per heavy atom. The van der Waals surface area contributed by atoms with Crippen molar-refractivity contribution in [3.05, 3.63) is 71.3 Å². The minimum absolute atomic E-state index is 0.00374. The molecule has 2 aromatic rings. The lowest BCUT2D eigenvalue weighted by molar-refractivity contribution is -0.211. The van der Waals surface area contributed by atoms with Gasteiger partial charge in [0.05, 0.1) is 46.2 Å². The lowest BCUT2D eigenvalue weighted by atomic mass is 9.82. The highest BCUT2D eigenvalue weighted by molar-refractivity contribution is 5.84. The summed E-state index contributed by atoms with van der Waals surface area (Å²) in [5.74, 6) is -1.79. The summed E-state index contributed by atoms with van der Waals surface area (Å²) in [6.45, 7) is 13.6. The lowest BCUT2D eigenvalue weighted by Crippen LogP contribution is -2.47. The van der Waals surface area contributed by atoms with Gasteiger partial charge in [0, 0.05) is 13.0 Å². The number of nitrogens with one attached hydrogen (secondary N) is 1. The third-order valence-electron chi connectivity index (χ3n) is 6.36. The van der Waals surface area contributed by atoms with Gasteiger partial charge >= 0.3 is 24.3 Å². The molecule has 12 nitrogen and oxygen atoms in total. The van der Waals surface area contributed by atoms with Crippen molar-refractivity contribution in [1.29, 1.82) is 0 Å². The second kappa shape index (κ2) is 20.6. The first-order chi connectivity index (χ1) is 22.3. The van der Waals surface area contributed by atoms with Crippen LogP contribution in [0.1, 0.15) is 58.2 Å². The normalized spacial score (nSPS) is 13.0. The second-order valence-corrected chi connectivity index (χ2v) is 12.7. The van der Waals surface area contributed by atoms with E-state index < -0.39 is 36.0 Å². The molecule has 2 rings (SSSR count). The number of benzene rings is 2. The van der Waals surface area contributed by atoms with E-state index in [0.29, 0.717) is 33.0 Å². The van der Waals surface area contributed by atoms with Gasteiger partial charge < -0.3 is 44.2 Å². The molecule has 3 N–H and O–H groups in total. The highest BCUT2D eigenvalue weighted by atomic mass is 16.7. The fourth-order valence-corrected chi connectivity index (χ4v) is 4.28. The van der Waals surface area contributed by atoms with Gasteiger partial charge in [-0.2, -0.15) is 0 Å². The van der Waals surface area contributed by atoms with E-state index in [1.807, 2.05) is 54.6 Å². The van der Waals surface area contributed by atoms with Gasteiger partial charge in [0.1, 0.15) is 18.2 Å². The molecular formula is C35H52N2O10. The minimum Gasteiger partial charge on any atom is -0.455 e. The molecule has 0 fully saturated rings. The molecule has 0 aliphatic carbocycles. The van der Waals surface area contributed by atoms with Gasteiger partial charge in [-0.15, -0.1) is 0 Å². The van der Waals surface area contributed by atoms with Gasteiger partial charge in [-0.05, 0) is 42.9 Å². The van der Waals surface area contributed by atoms with Gasteiger partial charge in [0.25, 0.3) is 0 Å². The Balaban J connectivity index is 2.11. The van der Waals surface area contributed by atoms with Crippen molar-refractivity contribution in [3.8, 4) is 0 Å². The Labute approximate surface area is 278 Å². The summed E-state index contributed by atoms with van der Waals surface area (Å²) in [7, 11) is 0. The Morgan fingerprint density at radius 1 is 0.745 bits per heavy atom. The molecule has 0 saturated heterocycles. The topological polar surface area (TPSA) is 154 Å². The van der Waals surface area contributed by atoms with Crippen molar-refractivity contribution in [2.75, 3.05) is 52.8 Å². The summed E-state index contributed by atoms with van der Waals surface area (Å²) >= 11 is 0. The van der Waals surface area contributed by atoms with Crippen molar-refractivity contribution in [2.45, 2.75) is 77.9 Å². The number of hydrogen-bond donors (Lipinski definition) is 2. The molecule has 2 atom stereocenters. The standard InChI is InChI=1S/C35H52N2O10/c1-34(2,3)28-15-11-10-14-27(28)24-29(37-33(40)45-25-26-12-8-7-9-13-26)30(38)46-32(31(39)47-35(4,5)6)44-23-22-43-21-20-42-19-18-41-17-16-36/h7-15,29,32H,16-25,36H2,1-6H3,(H,37,40). The van der Waals surface area contributed by atoms with Crippen LogP contribution in [0.5, 0.6) is 0 Å². The molecule has 262 valence electrons. The fraction of sp³-hybridized carbons (Fsp3) is 0.571. The van der Waals surface area contributed by atoms with E-state index in [1.165, 1.54) is 0 Å². The van der Waals surface area contributed by atoms with E-state index >= 15 is 0 Å². The molecular weight excluding hydrogens is 608 g/mol. The van der Waals surface area contributed by atoms with Crippen molar-refractivity contribution in [2.24, 2.45) is 5.73 Å². The fourth-order valence-electron chi connectivity index (χ4n) is 4.28. The van der Waals surface area contributed by atoms with Crippen LogP contribution in [0.3, 0.4) is 0 Å². The third-order valence-corrected chi connectivity index (χ3v) is 6.36. The maximum atomic E-state index is 13.7. The minimum atomic E-state index is -1.70. The predicted octanol–water partition coefficient (Wildman–Crippen LogP) is 4.06. The molecule has 0 aliphatic heterocycles. The van der Waals surface area contributed by atoms with Crippen LogP contribution in [0.4, 0.5) is 4.79 Å². The molecule has 0 spiro atoms. The number of esters is 2. The third kappa shape index (κ3) is 16.7. The van der Waals surface area contributed by atoms with Crippen LogP contribution < -0.4 is 11.1 Å². The Kier molecular flexibility index (Phi) is 17.4. The number of carbonyl (C=O) groups is 3. The molecule has 0 aliphatic rings. The van der Waals surface area contributed by atoms with Crippen LogP contribution >= 0.6 is 0 Å². The maximum absolute atomic E-state index is 13.7. The van der Waals surface area contributed by atoms with Crippen LogP contribution in [0, 0.1) is 0 Å². The van der Waals surface area contributed by atoms with Crippen LogP contribution in [0.15, 0.2) is 54.6 Å².